The summed E-state index contributed by atoms with van der Waals surface area (Å²) in [7, 11) is 0. The minimum atomic E-state index is 0.678. The van der Waals surface area contributed by atoms with Crippen LogP contribution < -0.4 is 4.74 Å². The Hall–Kier alpha value is -2.09. The van der Waals surface area contributed by atoms with Crippen LogP contribution in [-0.4, -0.2) is 6.61 Å². The molecule has 2 heteroatoms. The van der Waals surface area contributed by atoms with Crippen molar-refractivity contribution in [2.24, 2.45) is 5.92 Å². The maximum atomic E-state index is 12.1. The Labute approximate surface area is 163 Å². The van der Waals surface area contributed by atoms with Crippen molar-refractivity contribution in [1.29, 1.82) is 0 Å². The third kappa shape index (κ3) is 5.69. The van der Waals surface area contributed by atoms with Gasteiger partial charge in [-0.2, -0.15) is 0 Å². The lowest BCUT2D eigenvalue weighted by atomic mass is 9.77. The van der Waals surface area contributed by atoms with E-state index in [4.69, 9.17) is 4.74 Å². The first-order valence-electron chi connectivity index (χ1n) is 10.4. The van der Waals surface area contributed by atoms with E-state index in [9.17, 15) is 4.39 Å². The molecule has 0 N–H and O–H groups in total. The van der Waals surface area contributed by atoms with Crippen molar-refractivity contribution < 1.29 is 9.13 Å². The van der Waals surface area contributed by atoms with Crippen LogP contribution >= 0.6 is 0 Å². The van der Waals surface area contributed by atoms with Crippen LogP contribution in [0.3, 0.4) is 0 Å². The molecular weight excluding hydrogens is 335 g/mol. The van der Waals surface area contributed by atoms with Gasteiger partial charge in [0.25, 0.3) is 0 Å². The Morgan fingerprint density at radius 2 is 1.56 bits per heavy atom. The van der Waals surface area contributed by atoms with Crippen LogP contribution in [0.2, 0.25) is 0 Å². The average molecular weight is 367 g/mol. The molecule has 3 rings (SSSR count). The number of hydrogen-bond acceptors (Lipinski definition) is 1. The number of hydrogen-bond donors (Lipinski definition) is 0. The first kappa shape index (κ1) is 19.7. The van der Waals surface area contributed by atoms with Gasteiger partial charge in [0.2, 0.25) is 0 Å². The lowest BCUT2D eigenvalue weighted by Crippen LogP contribution is -2.13. The van der Waals surface area contributed by atoms with Crippen LogP contribution in [0, 0.1) is 5.92 Å². The molecule has 0 aromatic heterocycles. The minimum absolute atomic E-state index is 0.678. The molecule has 0 bridgehead atoms. The SMILES string of the molecule is CCCOc1ccc(-c2ccc(C3CCC(CCC=CF)CC3)cc2)cc1. The fourth-order valence-corrected chi connectivity index (χ4v) is 4.09. The van der Waals surface area contributed by atoms with E-state index in [1.54, 1.807) is 6.08 Å². The molecule has 1 nitrogen and oxygen atoms in total. The van der Waals surface area contributed by atoms with E-state index in [1.165, 1.54) is 42.4 Å². The molecule has 1 aliphatic rings. The van der Waals surface area contributed by atoms with Gasteiger partial charge in [0.05, 0.1) is 12.9 Å². The molecule has 1 aliphatic carbocycles. The number of halogens is 1. The third-order valence-electron chi connectivity index (χ3n) is 5.72. The van der Waals surface area contributed by atoms with Gasteiger partial charge in [0, 0.05) is 0 Å². The van der Waals surface area contributed by atoms with Gasteiger partial charge in [-0.3, -0.25) is 0 Å². The van der Waals surface area contributed by atoms with E-state index in [-0.39, 0.29) is 0 Å². The predicted molar refractivity (Wildman–Crippen MR) is 112 cm³/mol. The zero-order valence-corrected chi connectivity index (χ0v) is 16.4. The highest BCUT2D eigenvalue weighted by Crippen LogP contribution is 2.38. The van der Waals surface area contributed by atoms with Gasteiger partial charge in [0.15, 0.2) is 0 Å². The summed E-state index contributed by atoms with van der Waals surface area (Å²) in [5.41, 5.74) is 3.95. The molecular formula is C25H31FO. The molecule has 1 saturated carbocycles. The van der Waals surface area contributed by atoms with Gasteiger partial charge >= 0.3 is 0 Å². The highest BCUT2D eigenvalue weighted by Gasteiger charge is 2.21. The van der Waals surface area contributed by atoms with E-state index in [0.29, 0.717) is 12.2 Å². The second kappa shape index (κ2) is 10.3. The summed E-state index contributed by atoms with van der Waals surface area (Å²) in [6.45, 7) is 2.88. The van der Waals surface area contributed by atoms with Crippen molar-refractivity contribution in [3.05, 3.63) is 66.5 Å². The molecule has 2 aromatic carbocycles. The second-order valence-electron chi connectivity index (χ2n) is 7.65. The summed E-state index contributed by atoms with van der Waals surface area (Å²) < 4.78 is 17.7. The zero-order valence-electron chi connectivity index (χ0n) is 16.4. The van der Waals surface area contributed by atoms with Crippen LogP contribution in [0.25, 0.3) is 11.1 Å². The lowest BCUT2D eigenvalue weighted by Gasteiger charge is -2.28. The molecule has 0 amide bonds. The smallest absolute Gasteiger partial charge is 0.119 e. The highest BCUT2D eigenvalue weighted by atomic mass is 19.1. The molecule has 0 saturated heterocycles. The quantitative estimate of drug-likeness (QED) is 0.465. The Balaban J connectivity index is 1.54. The molecule has 2 aromatic rings. The maximum Gasteiger partial charge on any atom is 0.119 e. The molecule has 27 heavy (non-hydrogen) atoms. The monoisotopic (exact) mass is 366 g/mol. The van der Waals surface area contributed by atoms with E-state index >= 15 is 0 Å². The number of ether oxygens (including phenoxy) is 1. The van der Waals surface area contributed by atoms with Crippen molar-refractivity contribution in [1.82, 2.24) is 0 Å². The summed E-state index contributed by atoms with van der Waals surface area (Å²) >= 11 is 0. The number of benzene rings is 2. The molecule has 1 fully saturated rings. The Morgan fingerprint density at radius 3 is 2.15 bits per heavy atom. The molecule has 0 unspecified atom stereocenters. The summed E-state index contributed by atoms with van der Waals surface area (Å²) in [5, 5.41) is 0. The number of allylic oxidation sites excluding steroid dienone is 1. The van der Waals surface area contributed by atoms with Gasteiger partial charge in [-0.25, -0.2) is 4.39 Å². The summed E-state index contributed by atoms with van der Waals surface area (Å²) in [6, 6.07) is 17.5. The normalized spacial score (nSPS) is 20.1. The minimum Gasteiger partial charge on any atom is -0.494 e. The van der Waals surface area contributed by atoms with Gasteiger partial charge < -0.3 is 4.74 Å². The molecule has 144 valence electrons. The topological polar surface area (TPSA) is 9.23 Å². The van der Waals surface area contributed by atoms with E-state index in [2.05, 4.69) is 55.5 Å². The van der Waals surface area contributed by atoms with E-state index in [1.807, 2.05) is 0 Å². The Bertz CT molecular complexity index is 694. The molecule has 0 atom stereocenters. The first-order chi connectivity index (χ1) is 13.3. The predicted octanol–water partition coefficient (Wildman–Crippen LogP) is 7.68. The first-order valence-corrected chi connectivity index (χ1v) is 10.4. The molecule has 0 heterocycles. The van der Waals surface area contributed by atoms with Crippen LogP contribution in [0.1, 0.15) is 63.4 Å². The van der Waals surface area contributed by atoms with Gasteiger partial charge in [-0.15, -0.1) is 0 Å². The molecule has 0 radical (unpaired) electrons. The van der Waals surface area contributed by atoms with Gasteiger partial charge in [-0.1, -0.05) is 49.4 Å². The summed E-state index contributed by atoms with van der Waals surface area (Å²) in [5.74, 6) is 2.39. The van der Waals surface area contributed by atoms with E-state index in [0.717, 1.165) is 37.5 Å². The van der Waals surface area contributed by atoms with Crippen molar-refractivity contribution >= 4 is 0 Å². The van der Waals surface area contributed by atoms with E-state index < -0.39 is 0 Å². The van der Waals surface area contributed by atoms with Crippen molar-refractivity contribution in [3.63, 3.8) is 0 Å². The third-order valence-corrected chi connectivity index (χ3v) is 5.72. The summed E-state index contributed by atoms with van der Waals surface area (Å²) in [4.78, 5) is 0. The largest absolute Gasteiger partial charge is 0.494 e. The standard InChI is InChI=1S/C25H31FO/c1-2-19-27-25-16-14-24(15-17-25)23-12-10-22(11-13-23)21-8-6-20(7-9-21)5-3-4-18-26/h4,10-18,20-21H,2-3,5-9,19H2,1H3. The van der Waals surface area contributed by atoms with Crippen LogP contribution in [-0.2, 0) is 0 Å². The second-order valence-corrected chi connectivity index (χ2v) is 7.65. The van der Waals surface area contributed by atoms with Crippen molar-refractivity contribution in [2.75, 3.05) is 6.61 Å². The fraction of sp³-hybridized carbons (Fsp3) is 0.440. The van der Waals surface area contributed by atoms with Crippen LogP contribution in [0.4, 0.5) is 4.39 Å². The lowest BCUT2D eigenvalue weighted by molar-refractivity contribution is 0.311. The fourth-order valence-electron chi connectivity index (χ4n) is 4.09. The Morgan fingerprint density at radius 1 is 0.926 bits per heavy atom. The van der Waals surface area contributed by atoms with Crippen LogP contribution in [0.15, 0.2) is 60.9 Å². The van der Waals surface area contributed by atoms with Crippen molar-refractivity contribution in [3.8, 4) is 16.9 Å². The number of rotatable bonds is 8. The average Bonchev–Trinajstić information content (AvgIpc) is 2.73. The molecule has 0 aliphatic heterocycles. The highest BCUT2D eigenvalue weighted by molar-refractivity contribution is 5.64. The van der Waals surface area contributed by atoms with Crippen LogP contribution in [0.5, 0.6) is 5.75 Å². The van der Waals surface area contributed by atoms with Gasteiger partial charge in [-0.05, 0) is 85.6 Å². The maximum absolute atomic E-state index is 12.1. The zero-order chi connectivity index (χ0) is 18.9. The van der Waals surface area contributed by atoms with Crippen molar-refractivity contribution in [2.45, 2.75) is 57.8 Å². The molecule has 0 spiro atoms. The summed E-state index contributed by atoms with van der Waals surface area (Å²) in [6.07, 6.45) is 10.4. The Kier molecular flexibility index (Phi) is 7.50. The van der Waals surface area contributed by atoms with Gasteiger partial charge in [0.1, 0.15) is 5.75 Å².